The van der Waals surface area contributed by atoms with Crippen molar-refractivity contribution >= 4 is 23.5 Å². The lowest BCUT2D eigenvalue weighted by Crippen LogP contribution is -2.11. The van der Waals surface area contributed by atoms with Crippen LogP contribution < -0.4 is 5.32 Å². The number of alkyl halides is 1. The van der Waals surface area contributed by atoms with Gasteiger partial charge < -0.3 is 4.42 Å². The molecule has 1 rings (SSSR count). The number of nitrogens with one attached hydrogen (secondary N) is 1. The number of oxazole rings is 1. The van der Waals surface area contributed by atoms with Gasteiger partial charge in [0.15, 0.2) is 0 Å². The number of amides is 1. The Morgan fingerprint density at radius 1 is 1.64 bits per heavy atom. The third kappa shape index (κ3) is 3.79. The van der Waals surface area contributed by atoms with E-state index in [0.717, 1.165) is 18.5 Å². The Labute approximate surface area is 87.6 Å². The van der Waals surface area contributed by atoms with Crippen molar-refractivity contribution in [1.29, 1.82) is 0 Å². The van der Waals surface area contributed by atoms with Crippen molar-refractivity contribution in [3.8, 4) is 0 Å². The zero-order valence-electron chi connectivity index (χ0n) is 8.05. The highest BCUT2D eigenvalue weighted by atomic mass is 35.5. The van der Waals surface area contributed by atoms with E-state index < -0.39 is 0 Å². The molecule has 5 heteroatoms. The first kappa shape index (κ1) is 11.0. The van der Waals surface area contributed by atoms with Crippen molar-refractivity contribution in [2.24, 2.45) is 0 Å². The number of hydrogen-bond acceptors (Lipinski definition) is 3. The van der Waals surface area contributed by atoms with Crippen LogP contribution in [0.5, 0.6) is 0 Å². The maximum absolute atomic E-state index is 11.2. The maximum atomic E-state index is 11.2. The number of halogens is 1. The Bertz CT molecular complexity index is 299. The molecule has 1 amide bonds. The van der Waals surface area contributed by atoms with Gasteiger partial charge in [-0.25, -0.2) is 0 Å². The molecule has 1 aromatic heterocycles. The summed E-state index contributed by atoms with van der Waals surface area (Å²) in [6, 6.07) is 0.262. The highest BCUT2D eigenvalue weighted by molar-refractivity contribution is 6.17. The summed E-state index contributed by atoms with van der Waals surface area (Å²) in [5, 5.41) is 2.56. The minimum absolute atomic E-state index is 0.0861. The van der Waals surface area contributed by atoms with Gasteiger partial charge in [0.05, 0.1) is 5.69 Å². The molecule has 0 spiro atoms. The number of hydrogen-bond donors (Lipinski definition) is 1. The molecule has 0 saturated heterocycles. The summed E-state index contributed by atoms with van der Waals surface area (Å²) in [5.74, 6) is 0.503. The second-order valence-corrected chi connectivity index (χ2v) is 3.37. The lowest BCUT2D eigenvalue weighted by atomic mass is 10.2. The summed E-state index contributed by atoms with van der Waals surface area (Å²) >= 11 is 5.49. The molecule has 14 heavy (non-hydrogen) atoms. The summed E-state index contributed by atoms with van der Waals surface area (Å²) in [7, 11) is 0. The number of carbonyl (C=O) groups is 1. The van der Waals surface area contributed by atoms with Crippen LogP contribution in [0.15, 0.2) is 10.7 Å². The molecule has 0 aromatic carbocycles. The molecule has 4 nitrogen and oxygen atoms in total. The lowest BCUT2D eigenvalue weighted by molar-refractivity contribution is -0.116. The molecular weight excluding hydrogens is 204 g/mol. The van der Waals surface area contributed by atoms with Crippen LogP contribution in [0, 0.1) is 6.92 Å². The zero-order valence-corrected chi connectivity index (χ0v) is 8.80. The molecule has 0 bridgehead atoms. The number of anilines is 1. The number of carbonyl (C=O) groups excluding carboxylic acids is 1. The number of nitrogens with zero attached hydrogens (tertiary/aromatic N) is 1. The predicted molar refractivity (Wildman–Crippen MR) is 54.4 cm³/mol. The fraction of sp³-hybridized carbons (Fsp3) is 0.556. The SMILES string of the molecule is Cc1coc(NC(=O)CCCCCl)n1. The molecule has 0 aliphatic carbocycles. The third-order valence-corrected chi connectivity index (χ3v) is 1.92. The minimum Gasteiger partial charge on any atom is -0.432 e. The maximum Gasteiger partial charge on any atom is 0.301 e. The summed E-state index contributed by atoms with van der Waals surface area (Å²) in [6.07, 6.45) is 3.58. The lowest BCUT2D eigenvalue weighted by Gasteiger charge is -1.98. The van der Waals surface area contributed by atoms with Crippen molar-refractivity contribution in [3.05, 3.63) is 12.0 Å². The molecular formula is C9H13ClN2O2. The van der Waals surface area contributed by atoms with Gasteiger partial charge in [-0.1, -0.05) is 0 Å². The summed E-state index contributed by atoms with van der Waals surface area (Å²) in [5.41, 5.74) is 0.751. The van der Waals surface area contributed by atoms with Crippen LogP contribution in [-0.4, -0.2) is 16.8 Å². The van der Waals surface area contributed by atoms with Gasteiger partial charge in [-0.3, -0.25) is 10.1 Å². The fourth-order valence-electron chi connectivity index (χ4n) is 0.973. The van der Waals surface area contributed by atoms with Crippen LogP contribution in [0.4, 0.5) is 6.01 Å². The number of aromatic nitrogens is 1. The smallest absolute Gasteiger partial charge is 0.301 e. The molecule has 78 valence electrons. The molecule has 0 atom stereocenters. The highest BCUT2D eigenvalue weighted by Crippen LogP contribution is 2.07. The van der Waals surface area contributed by atoms with Crippen molar-refractivity contribution in [1.82, 2.24) is 4.98 Å². The summed E-state index contributed by atoms with van der Waals surface area (Å²) in [4.78, 5) is 15.2. The first-order valence-corrected chi connectivity index (χ1v) is 5.04. The van der Waals surface area contributed by atoms with Crippen molar-refractivity contribution in [3.63, 3.8) is 0 Å². The molecule has 0 unspecified atom stereocenters. The van der Waals surface area contributed by atoms with Crippen molar-refractivity contribution in [2.75, 3.05) is 11.2 Å². The normalized spacial score (nSPS) is 10.1. The molecule has 0 aliphatic rings. The number of aryl methyl sites for hydroxylation is 1. The van der Waals surface area contributed by atoms with Gasteiger partial charge in [0, 0.05) is 12.3 Å². The number of unbranched alkanes of at least 4 members (excludes halogenated alkanes) is 1. The van der Waals surface area contributed by atoms with Crippen molar-refractivity contribution < 1.29 is 9.21 Å². The Hall–Kier alpha value is -1.03. The van der Waals surface area contributed by atoms with Gasteiger partial charge in [0.1, 0.15) is 6.26 Å². The molecule has 0 fully saturated rings. The first-order chi connectivity index (χ1) is 6.72. The van der Waals surface area contributed by atoms with Crippen LogP contribution in [-0.2, 0) is 4.79 Å². The van der Waals surface area contributed by atoms with E-state index in [-0.39, 0.29) is 11.9 Å². The summed E-state index contributed by atoms with van der Waals surface area (Å²) < 4.78 is 4.97. The van der Waals surface area contributed by atoms with Crippen LogP contribution in [0.3, 0.4) is 0 Å². The van der Waals surface area contributed by atoms with E-state index in [4.69, 9.17) is 16.0 Å². The van der Waals surface area contributed by atoms with Crippen molar-refractivity contribution in [2.45, 2.75) is 26.2 Å². The number of rotatable bonds is 5. The Kier molecular flexibility index (Phi) is 4.46. The van der Waals surface area contributed by atoms with E-state index >= 15 is 0 Å². The molecule has 1 heterocycles. The van der Waals surface area contributed by atoms with E-state index in [9.17, 15) is 4.79 Å². The van der Waals surface area contributed by atoms with Crippen LogP contribution in [0.25, 0.3) is 0 Å². The average Bonchev–Trinajstić information content (AvgIpc) is 2.52. The predicted octanol–water partition coefficient (Wildman–Crippen LogP) is 2.33. The fourth-order valence-corrected chi connectivity index (χ4v) is 1.16. The van der Waals surface area contributed by atoms with E-state index in [1.807, 2.05) is 0 Å². The highest BCUT2D eigenvalue weighted by Gasteiger charge is 2.05. The molecule has 1 N–H and O–H groups in total. The van der Waals surface area contributed by atoms with Crippen LogP contribution in [0.1, 0.15) is 25.0 Å². The Morgan fingerprint density at radius 3 is 3.00 bits per heavy atom. The quantitative estimate of drug-likeness (QED) is 0.607. The van der Waals surface area contributed by atoms with E-state index in [0.29, 0.717) is 12.3 Å². The van der Waals surface area contributed by atoms with E-state index in [1.54, 1.807) is 6.92 Å². The van der Waals surface area contributed by atoms with Gasteiger partial charge in [-0.15, -0.1) is 11.6 Å². The molecule has 0 radical (unpaired) electrons. The molecule has 0 saturated carbocycles. The van der Waals surface area contributed by atoms with Gasteiger partial charge in [-0.2, -0.15) is 4.98 Å². The van der Waals surface area contributed by atoms with E-state index in [1.165, 1.54) is 6.26 Å². The van der Waals surface area contributed by atoms with Gasteiger partial charge in [0.2, 0.25) is 5.91 Å². The van der Waals surface area contributed by atoms with Crippen LogP contribution in [0.2, 0.25) is 0 Å². The Morgan fingerprint density at radius 2 is 2.43 bits per heavy atom. The van der Waals surface area contributed by atoms with Gasteiger partial charge >= 0.3 is 6.01 Å². The molecule has 0 aliphatic heterocycles. The Balaban J connectivity index is 2.27. The van der Waals surface area contributed by atoms with Crippen LogP contribution >= 0.6 is 11.6 Å². The second kappa shape index (κ2) is 5.65. The van der Waals surface area contributed by atoms with Gasteiger partial charge in [-0.05, 0) is 19.8 Å². The monoisotopic (exact) mass is 216 g/mol. The minimum atomic E-state index is -0.0861. The third-order valence-electron chi connectivity index (χ3n) is 1.65. The molecule has 1 aromatic rings. The second-order valence-electron chi connectivity index (χ2n) is 2.99. The van der Waals surface area contributed by atoms with E-state index in [2.05, 4.69) is 10.3 Å². The van der Waals surface area contributed by atoms with Gasteiger partial charge in [0.25, 0.3) is 0 Å². The largest absolute Gasteiger partial charge is 0.432 e. The summed E-state index contributed by atoms with van der Waals surface area (Å²) in [6.45, 7) is 1.80. The first-order valence-electron chi connectivity index (χ1n) is 4.50. The zero-order chi connectivity index (χ0) is 10.4. The average molecular weight is 217 g/mol. The topological polar surface area (TPSA) is 55.1 Å². The standard InChI is InChI=1S/C9H13ClN2O2/c1-7-6-14-9(11-7)12-8(13)4-2-3-5-10/h6H,2-5H2,1H3,(H,11,12,13).